The van der Waals surface area contributed by atoms with Gasteiger partial charge in [0.05, 0.1) is 0 Å². The number of carbonyl (C=O) groups is 1. The van der Waals surface area contributed by atoms with Crippen LogP contribution in [-0.4, -0.2) is 12.5 Å². The van der Waals surface area contributed by atoms with Crippen molar-refractivity contribution in [1.82, 2.24) is 0 Å². The summed E-state index contributed by atoms with van der Waals surface area (Å²) >= 11 is 0. The molecule has 0 aromatic heterocycles. The highest BCUT2D eigenvalue weighted by molar-refractivity contribution is 5.92. The second-order valence-electron chi connectivity index (χ2n) is 4.70. The van der Waals surface area contributed by atoms with Crippen molar-refractivity contribution >= 4 is 17.3 Å². The summed E-state index contributed by atoms with van der Waals surface area (Å²) in [4.78, 5) is 11.4. The van der Waals surface area contributed by atoms with Crippen LogP contribution in [-0.2, 0) is 4.79 Å². The fourth-order valence-corrected chi connectivity index (χ4v) is 1.78. The van der Waals surface area contributed by atoms with Gasteiger partial charge in [0.25, 0.3) is 0 Å². The topological polar surface area (TPSA) is 41.1 Å². The van der Waals surface area contributed by atoms with Gasteiger partial charge in [0.15, 0.2) is 0 Å². The Bertz CT molecular complexity index is 411. The van der Waals surface area contributed by atoms with E-state index < -0.39 is 0 Å². The minimum absolute atomic E-state index is 0.0624. The van der Waals surface area contributed by atoms with Crippen LogP contribution in [0.1, 0.15) is 31.7 Å². The van der Waals surface area contributed by atoms with Crippen molar-refractivity contribution in [3.05, 3.63) is 23.8 Å². The average Bonchev–Trinajstić information content (AvgIpc) is 3.14. The summed E-state index contributed by atoms with van der Waals surface area (Å²) < 4.78 is 0. The van der Waals surface area contributed by atoms with Crippen LogP contribution in [0.15, 0.2) is 18.2 Å². The summed E-state index contributed by atoms with van der Waals surface area (Å²) in [7, 11) is 0. The third-order valence-electron chi connectivity index (χ3n) is 3.21. The van der Waals surface area contributed by atoms with Crippen LogP contribution in [0.3, 0.4) is 0 Å². The molecule has 0 heterocycles. The monoisotopic (exact) mass is 232 g/mol. The molecule has 0 atom stereocenters. The van der Waals surface area contributed by atoms with Gasteiger partial charge in [-0.15, -0.1) is 0 Å². The van der Waals surface area contributed by atoms with Crippen LogP contribution in [0.5, 0.6) is 0 Å². The normalized spacial score (nSPS) is 14.5. The molecule has 1 aliphatic carbocycles. The van der Waals surface area contributed by atoms with Crippen LogP contribution in [0, 0.1) is 12.8 Å². The molecule has 1 aromatic rings. The van der Waals surface area contributed by atoms with Gasteiger partial charge >= 0.3 is 0 Å². The van der Waals surface area contributed by atoms with Crippen molar-refractivity contribution in [2.75, 3.05) is 17.2 Å². The number of anilines is 2. The van der Waals surface area contributed by atoms with E-state index in [0.717, 1.165) is 29.4 Å². The maximum Gasteiger partial charge on any atom is 0.224 e. The molecule has 2 rings (SSSR count). The highest BCUT2D eigenvalue weighted by Crippen LogP contribution is 2.30. The van der Waals surface area contributed by atoms with Crippen molar-refractivity contribution in [3.8, 4) is 0 Å². The van der Waals surface area contributed by atoms with Gasteiger partial charge in [-0.1, -0.05) is 13.0 Å². The van der Waals surface area contributed by atoms with E-state index in [2.05, 4.69) is 16.7 Å². The smallest absolute Gasteiger partial charge is 0.224 e. The van der Waals surface area contributed by atoms with E-state index in [0.29, 0.717) is 6.42 Å². The minimum atomic E-state index is 0.0624. The Morgan fingerprint density at radius 3 is 2.71 bits per heavy atom. The van der Waals surface area contributed by atoms with Crippen LogP contribution < -0.4 is 10.6 Å². The van der Waals surface area contributed by atoms with Crippen molar-refractivity contribution < 1.29 is 4.79 Å². The van der Waals surface area contributed by atoms with E-state index in [9.17, 15) is 4.79 Å². The quantitative estimate of drug-likeness (QED) is 0.818. The Labute approximate surface area is 103 Å². The van der Waals surface area contributed by atoms with Gasteiger partial charge in [-0.2, -0.15) is 0 Å². The highest BCUT2D eigenvalue weighted by atomic mass is 16.1. The second kappa shape index (κ2) is 5.21. The molecule has 92 valence electrons. The predicted octanol–water partition coefficient (Wildman–Crippen LogP) is 3.17. The van der Waals surface area contributed by atoms with Gasteiger partial charge in [0.1, 0.15) is 0 Å². The van der Waals surface area contributed by atoms with Crippen molar-refractivity contribution in [2.24, 2.45) is 5.92 Å². The fraction of sp³-hybridized carbons (Fsp3) is 0.500. The van der Waals surface area contributed by atoms with Gasteiger partial charge in [-0.3, -0.25) is 4.79 Å². The van der Waals surface area contributed by atoms with Gasteiger partial charge in [0, 0.05) is 24.3 Å². The first-order valence-corrected chi connectivity index (χ1v) is 6.34. The first kappa shape index (κ1) is 12.0. The molecule has 3 nitrogen and oxygen atoms in total. The fourth-order valence-electron chi connectivity index (χ4n) is 1.78. The van der Waals surface area contributed by atoms with Gasteiger partial charge < -0.3 is 10.6 Å². The number of rotatable bonds is 5. The van der Waals surface area contributed by atoms with Crippen molar-refractivity contribution in [2.45, 2.75) is 33.1 Å². The van der Waals surface area contributed by atoms with E-state index >= 15 is 0 Å². The standard InChI is InChI=1S/C14H20N2O/c1-3-14(17)16-13-6-4-5-12(10(13)2)15-9-11-7-8-11/h4-6,11,15H,3,7-9H2,1-2H3,(H,16,17). The molecule has 1 saturated carbocycles. The molecule has 1 aromatic carbocycles. The molecule has 17 heavy (non-hydrogen) atoms. The summed E-state index contributed by atoms with van der Waals surface area (Å²) in [5, 5.41) is 6.38. The molecule has 1 amide bonds. The Kier molecular flexibility index (Phi) is 3.67. The van der Waals surface area contributed by atoms with E-state index in [1.165, 1.54) is 12.8 Å². The maximum absolute atomic E-state index is 11.4. The van der Waals surface area contributed by atoms with E-state index in [-0.39, 0.29) is 5.91 Å². The lowest BCUT2D eigenvalue weighted by atomic mass is 10.1. The highest BCUT2D eigenvalue weighted by Gasteiger charge is 2.20. The molecule has 2 N–H and O–H groups in total. The SMILES string of the molecule is CCC(=O)Nc1cccc(NCC2CC2)c1C. The first-order valence-electron chi connectivity index (χ1n) is 6.34. The number of nitrogens with one attached hydrogen (secondary N) is 2. The minimum Gasteiger partial charge on any atom is -0.384 e. The van der Waals surface area contributed by atoms with Crippen LogP contribution in [0.2, 0.25) is 0 Å². The summed E-state index contributed by atoms with van der Waals surface area (Å²) in [5.74, 6) is 0.913. The maximum atomic E-state index is 11.4. The second-order valence-corrected chi connectivity index (χ2v) is 4.70. The van der Waals surface area contributed by atoms with Gasteiger partial charge in [-0.25, -0.2) is 0 Å². The first-order chi connectivity index (χ1) is 8.20. The summed E-state index contributed by atoms with van der Waals surface area (Å²) in [6.07, 6.45) is 3.20. The summed E-state index contributed by atoms with van der Waals surface area (Å²) in [5.41, 5.74) is 3.17. The lowest BCUT2D eigenvalue weighted by Crippen LogP contribution is -2.12. The molecule has 0 aliphatic heterocycles. The van der Waals surface area contributed by atoms with Crippen molar-refractivity contribution in [3.63, 3.8) is 0 Å². The number of benzene rings is 1. The lowest BCUT2D eigenvalue weighted by Gasteiger charge is -2.13. The molecule has 0 saturated heterocycles. The zero-order chi connectivity index (χ0) is 12.3. The van der Waals surface area contributed by atoms with Crippen LogP contribution >= 0.6 is 0 Å². The molecule has 0 spiro atoms. The summed E-state index contributed by atoms with van der Waals surface area (Å²) in [6, 6.07) is 6.00. The zero-order valence-corrected chi connectivity index (χ0v) is 10.5. The lowest BCUT2D eigenvalue weighted by molar-refractivity contribution is -0.115. The molecule has 0 bridgehead atoms. The molecular weight excluding hydrogens is 212 g/mol. The molecule has 3 heteroatoms. The Morgan fingerprint density at radius 2 is 2.06 bits per heavy atom. The molecular formula is C14H20N2O. The third-order valence-corrected chi connectivity index (χ3v) is 3.21. The molecule has 1 fully saturated rings. The van der Waals surface area contributed by atoms with Crippen molar-refractivity contribution in [1.29, 1.82) is 0 Å². The molecule has 0 radical (unpaired) electrons. The van der Waals surface area contributed by atoms with Crippen LogP contribution in [0.4, 0.5) is 11.4 Å². The predicted molar refractivity (Wildman–Crippen MR) is 71.3 cm³/mol. The number of hydrogen-bond donors (Lipinski definition) is 2. The molecule has 0 unspecified atom stereocenters. The number of carbonyl (C=O) groups excluding carboxylic acids is 1. The number of hydrogen-bond acceptors (Lipinski definition) is 2. The Balaban J connectivity index is 2.05. The van der Waals surface area contributed by atoms with E-state index in [1.807, 2.05) is 26.0 Å². The Hall–Kier alpha value is -1.51. The Morgan fingerprint density at radius 1 is 1.35 bits per heavy atom. The summed E-state index contributed by atoms with van der Waals surface area (Å²) in [6.45, 7) is 4.95. The van der Waals surface area contributed by atoms with E-state index in [1.54, 1.807) is 0 Å². The number of amides is 1. The molecule has 1 aliphatic rings. The van der Waals surface area contributed by atoms with Gasteiger partial charge in [0.2, 0.25) is 5.91 Å². The third kappa shape index (κ3) is 3.22. The zero-order valence-electron chi connectivity index (χ0n) is 10.5. The average molecular weight is 232 g/mol. The van der Waals surface area contributed by atoms with Gasteiger partial charge in [-0.05, 0) is 43.4 Å². The largest absolute Gasteiger partial charge is 0.384 e. The van der Waals surface area contributed by atoms with E-state index in [4.69, 9.17) is 0 Å². The van der Waals surface area contributed by atoms with Crippen LogP contribution in [0.25, 0.3) is 0 Å².